The molecule has 0 saturated carbocycles. The topological polar surface area (TPSA) is 92.5 Å². The van der Waals surface area contributed by atoms with E-state index < -0.39 is 21.7 Å². The molecule has 1 fully saturated rings. The first-order valence-corrected chi connectivity index (χ1v) is 11.4. The molecule has 9 heteroatoms. The van der Waals surface area contributed by atoms with Crippen LogP contribution < -0.4 is 5.32 Å². The Kier molecular flexibility index (Phi) is 5.88. The highest BCUT2D eigenvalue weighted by Crippen LogP contribution is 2.25. The van der Waals surface area contributed by atoms with Gasteiger partial charge < -0.3 is 9.84 Å². The van der Waals surface area contributed by atoms with E-state index in [-0.39, 0.29) is 10.7 Å². The number of sulfonamides is 1. The molecule has 0 radical (unpaired) electrons. The molecule has 0 atom stereocenters. The summed E-state index contributed by atoms with van der Waals surface area (Å²) in [6.07, 6.45) is 1.70. The van der Waals surface area contributed by atoms with E-state index in [1.54, 1.807) is 12.1 Å². The fourth-order valence-electron chi connectivity index (χ4n) is 3.44. The number of carbonyl (C=O) groups is 1. The van der Waals surface area contributed by atoms with E-state index in [0.29, 0.717) is 36.0 Å². The number of nitrogens with one attached hydrogen (secondary N) is 1. The summed E-state index contributed by atoms with van der Waals surface area (Å²) in [6.45, 7) is 3.15. The van der Waals surface area contributed by atoms with Gasteiger partial charge in [-0.2, -0.15) is 4.31 Å². The minimum atomic E-state index is -3.55. The van der Waals surface area contributed by atoms with E-state index >= 15 is 0 Å². The van der Waals surface area contributed by atoms with Gasteiger partial charge in [-0.3, -0.25) is 4.79 Å². The summed E-state index contributed by atoms with van der Waals surface area (Å²) in [7, 11) is -3.55. The maximum absolute atomic E-state index is 13.4. The monoisotopic (exact) mass is 443 g/mol. The van der Waals surface area contributed by atoms with Gasteiger partial charge in [0.15, 0.2) is 0 Å². The van der Waals surface area contributed by atoms with Crippen molar-refractivity contribution in [1.29, 1.82) is 0 Å². The summed E-state index contributed by atoms with van der Waals surface area (Å²) in [5, 5.41) is 6.45. The summed E-state index contributed by atoms with van der Waals surface area (Å²) in [6, 6.07) is 13.2. The number of halogens is 1. The second kappa shape index (κ2) is 8.60. The predicted molar refractivity (Wildman–Crippen MR) is 113 cm³/mol. The quantitative estimate of drug-likeness (QED) is 0.639. The molecule has 0 aliphatic carbocycles. The van der Waals surface area contributed by atoms with Gasteiger partial charge in [-0.05, 0) is 55.2 Å². The molecule has 0 spiro atoms. The lowest BCUT2D eigenvalue weighted by molar-refractivity contribution is 0.0988. The number of piperidine rings is 1. The Morgan fingerprint density at radius 2 is 1.84 bits per heavy atom. The van der Waals surface area contributed by atoms with Crippen molar-refractivity contribution in [2.45, 2.75) is 24.7 Å². The standard InChI is InChI=1S/C22H22FN3O4S/c1-15-9-11-26(12-10-15)31(28,29)19-7-5-18(6-8-19)24-22(27)21-14-20(25-30-21)16-3-2-4-17(23)13-16/h2-8,13-15H,9-12H2,1H3,(H,24,27). The Hall–Kier alpha value is -3.04. The zero-order chi connectivity index (χ0) is 22.0. The zero-order valence-electron chi connectivity index (χ0n) is 16.9. The lowest BCUT2D eigenvalue weighted by Gasteiger charge is -2.29. The van der Waals surface area contributed by atoms with Crippen LogP contribution in [0.15, 0.2) is 64.0 Å². The van der Waals surface area contributed by atoms with Crippen LogP contribution in [0, 0.1) is 11.7 Å². The summed E-state index contributed by atoms with van der Waals surface area (Å²) in [5.41, 5.74) is 1.24. The van der Waals surface area contributed by atoms with Crippen molar-refractivity contribution >= 4 is 21.6 Å². The van der Waals surface area contributed by atoms with Crippen LogP contribution in [0.3, 0.4) is 0 Å². The number of anilines is 1. The third kappa shape index (κ3) is 4.67. The predicted octanol–water partition coefficient (Wildman–Crippen LogP) is 4.15. The Morgan fingerprint density at radius 1 is 1.13 bits per heavy atom. The molecule has 31 heavy (non-hydrogen) atoms. The maximum atomic E-state index is 13.4. The number of hydrogen-bond donors (Lipinski definition) is 1. The molecule has 1 N–H and O–H groups in total. The largest absolute Gasteiger partial charge is 0.350 e. The van der Waals surface area contributed by atoms with Crippen molar-refractivity contribution < 1.29 is 22.1 Å². The van der Waals surface area contributed by atoms with Crippen LogP contribution in [0.25, 0.3) is 11.3 Å². The fourth-order valence-corrected chi connectivity index (χ4v) is 4.91. The number of amides is 1. The molecule has 1 amide bonds. The van der Waals surface area contributed by atoms with Gasteiger partial charge in [0.1, 0.15) is 11.5 Å². The third-order valence-electron chi connectivity index (χ3n) is 5.35. The van der Waals surface area contributed by atoms with Crippen LogP contribution in [-0.4, -0.2) is 36.9 Å². The van der Waals surface area contributed by atoms with Crippen LogP contribution in [0.5, 0.6) is 0 Å². The number of aromatic nitrogens is 1. The van der Waals surface area contributed by atoms with Gasteiger partial charge in [0, 0.05) is 30.4 Å². The Morgan fingerprint density at radius 3 is 2.52 bits per heavy atom. The summed E-state index contributed by atoms with van der Waals surface area (Å²) >= 11 is 0. The molecule has 1 saturated heterocycles. The fraction of sp³-hybridized carbons (Fsp3) is 0.273. The molecule has 1 aliphatic rings. The van der Waals surface area contributed by atoms with Gasteiger partial charge in [-0.15, -0.1) is 0 Å². The second-order valence-corrected chi connectivity index (χ2v) is 9.59. The minimum absolute atomic E-state index is 0.0432. The average molecular weight is 444 g/mol. The number of benzene rings is 2. The lowest BCUT2D eigenvalue weighted by Crippen LogP contribution is -2.37. The van der Waals surface area contributed by atoms with Crippen molar-refractivity contribution in [2.24, 2.45) is 5.92 Å². The van der Waals surface area contributed by atoms with Crippen LogP contribution in [-0.2, 0) is 10.0 Å². The first kappa shape index (κ1) is 21.2. The highest BCUT2D eigenvalue weighted by atomic mass is 32.2. The molecular formula is C22H22FN3O4S. The van der Waals surface area contributed by atoms with E-state index in [9.17, 15) is 17.6 Å². The minimum Gasteiger partial charge on any atom is -0.350 e. The highest BCUT2D eigenvalue weighted by molar-refractivity contribution is 7.89. The van der Waals surface area contributed by atoms with Crippen molar-refractivity contribution in [3.05, 3.63) is 66.2 Å². The van der Waals surface area contributed by atoms with Gasteiger partial charge in [-0.1, -0.05) is 24.2 Å². The first-order valence-electron chi connectivity index (χ1n) is 9.97. The first-order chi connectivity index (χ1) is 14.8. The van der Waals surface area contributed by atoms with Crippen molar-refractivity contribution in [1.82, 2.24) is 9.46 Å². The van der Waals surface area contributed by atoms with E-state index in [0.717, 1.165) is 12.8 Å². The average Bonchev–Trinajstić information content (AvgIpc) is 3.25. The van der Waals surface area contributed by atoms with E-state index in [1.165, 1.54) is 46.8 Å². The molecule has 2 heterocycles. The van der Waals surface area contributed by atoms with Crippen molar-refractivity contribution in [3.63, 3.8) is 0 Å². The molecule has 7 nitrogen and oxygen atoms in total. The normalized spacial score (nSPS) is 15.7. The zero-order valence-corrected chi connectivity index (χ0v) is 17.7. The van der Waals surface area contributed by atoms with E-state index in [4.69, 9.17) is 4.52 Å². The molecule has 4 rings (SSSR count). The molecular weight excluding hydrogens is 421 g/mol. The van der Waals surface area contributed by atoms with Gasteiger partial charge in [0.2, 0.25) is 15.8 Å². The smallest absolute Gasteiger partial charge is 0.294 e. The van der Waals surface area contributed by atoms with Crippen LogP contribution >= 0.6 is 0 Å². The molecule has 1 aliphatic heterocycles. The van der Waals surface area contributed by atoms with Crippen LogP contribution in [0.4, 0.5) is 10.1 Å². The van der Waals surface area contributed by atoms with Gasteiger partial charge in [0.25, 0.3) is 5.91 Å². The SMILES string of the molecule is CC1CCN(S(=O)(=O)c2ccc(NC(=O)c3cc(-c4cccc(F)c4)no3)cc2)CC1. The molecule has 1 aromatic heterocycles. The summed E-state index contributed by atoms with van der Waals surface area (Å²) in [5.74, 6) is -0.476. The van der Waals surface area contributed by atoms with E-state index in [1.807, 2.05) is 0 Å². The van der Waals surface area contributed by atoms with Gasteiger partial charge in [0.05, 0.1) is 4.90 Å². The van der Waals surface area contributed by atoms with Crippen molar-refractivity contribution in [3.8, 4) is 11.3 Å². The molecule has 0 unspecified atom stereocenters. The third-order valence-corrected chi connectivity index (χ3v) is 7.26. The van der Waals surface area contributed by atoms with Crippen molar-refractivity contribution in [2.75, 3.05) is 18.4 Å². The summed E-state index contributed by atoms with van der Waals surface area (Å²) in [4.78, 5) is 12.6. The van der Waals surface area contributed by atoms with Gasteiger partial charge in [-0.25, -0.2) is 12.8 Å². The molecule has 3 aromatic rings. The Balaban J connectivity index is 1.44. The summed E-state index contributed by atoms with van der Waals surface area (Å²) < 4.78 is 45.5. The lowest BCUT2D eigenvalue weighted by atomic mass is 10.0. The Bertz CT molecular complexity index is 1180. The Labute approximate surface area is 179 Å². The number of rotatable bonds is 5. The molecule has 0 bridgehead atoms. The second-order valence-electron chi connectivity index (χ2n) is 7.65. The van der Waals surface area contributed by atoms with Gasteiger partial charge >= 0.3 is 0 Å². The molecule has 2 aromatic carbocycles. The number of carbonyl (C=O) groups excluding carboxylic acids is 1. The number of hydrogen-bond acceptors (Lipinski definition) is 5. The van der Waals surface area contributed by atoms with E-state index in [2.05, 4.69) is 17.4 Å². The molecule has 162 valence electrons. The maximum Gasteiger partial charge on any atom is 0.294 e. The van der Waals surface area contributed by atoms with Crippen LogP contribution in [0.1, 0.15) is 30.3 Å². The number of nitrogens with zero attached hydrogens (tertiary/aromatic N) is 2. The van der Waals surface area contributed by atoms with Crippen LogP contribution in [0.2, 0.25) is 0 Å². The highest BCUT2D eigenvalue weighted by Gasteiger charge is 2.28.